The number of non-ortho nitro benzene ring substituents is 1. The number of benzene rings is 1. The van der Waals surface area contributed by atoms with E-state index in [0.717, 1.165) is 31.2 Å². The van der Waals surface area contributed by atoms with Crippen LogP contribution in [0.15, 0.2) is 24.3 Å². The van der Waals surface area contributed by atoms with Crippen molar-refractivity contribution in [3.63, 3.8) is 0 Å². The Morgan fingerprint density at radius 2 is 1.68 bits per heavy atom. The van der Waals surface area contributed by atoms with E-state index in [4.69, 9.17) is 0 Å². The molecule has 0 bridgehead atoms. The van der Waals surface area contributed by atoms with Crippen LogP contribution in [0.4, 0.5) is 5.69 Å². The van der Waals surface area contributed by atoms with Crippen LogP contribution in [0.2, 0.25) is 0 Å². The van der Waals surface area contributed by atoms with E-state index in [2.05, 4.69) is 13.8 Å². The maximum atomic E-state index is 12.2. The van der Waals surface area contributed by atoms with Crippen LogP contribution in [0.3, 0.4) is 0 Å². The van der Waals surface area contributed by atoms with Crippen molar-refractivity contribution < 1.29 is 9.72 Å². The third kappa shape index (κ3) is 4.81. The van der Waals surface area contributed by atoms with Gasteiger partial charge in [0, 0.05) is 24.5 Å². The van der Waals surface area contributed by atoms with Crippen molar-refractivity contribution in [3.05, 3.63) is 39.9 Å². The third-order valence-electron chi connectivity index (χ3n) is 3.26. The summed E-state index contributed by atoms with van der Waals surface area (Å²) in [5.74, 6) is 0.378. The number of nitro benzene ring substituents is 1. The fourth-order valence-electron chi connectivity index (χ4n) is 2.24. The van der Waals surface area contributed by atoms with E-state index in [1.165, 1.54) is 12.1 Å². The molecule has 0 aromatic heterocycles. The van der Waals surface area contributed by atoms with Crippen LogP contribution in [-0.4, -0.2) is 10.7 Å². The molecule has 104 valence electrons. The lowest BCUT2D eigenvalue weighted by atomic mass is 9.90. The van der Waals surface area contributed by atoms with E-state index in [1.54, 1.807) is 12.1 Å². The molecule has 4 heteroatoms. The summed E-state index contributed by atoms with van der Waals surface area (Å²) in [6, 6.07) is 6.25. The van der Waals surface area contributed by atoms with Gasteiger partial charge in [-0.3, -0.25) is 14.9 Å². The standard InChI is InChI=1S/C15H21NO3/c1-3-5-13(6-4-2)15(17)11-12-7-9-14(10-8-12)16(18)19/h7-10,13H,3-6,11H2,1-2H3. The Morgan fingerprint density at radius 3 is 2.11 bits per heavy atom. The molecule has 0 aliphatic carbocycles. The van der Waals surface area contributed by atoms with E-state index in [0.29, 0.717) is 6.42 Å². The van der Waals surface area contributed by atoms with Crippen molar-refractivity contribution in [2.45, 2.75) is 46.0 Å². The van der Waals surface area contributed by atoms with Crippen molar-refractivity contribution in [2.75, 3.05) is 0 Å². The Hall–Kier alpha value is -1.71. The van der Waals surface area contributed by atoms with E-state index >= 15 is 0 Å². The van der Waals surface area contributed by atoms with E-state index in [1.807, 2.05) is 0 Å². The minimum atomic E-state index is -0.428. The fraction of sp³-hybridized carbons (Fsp3) is 0.533. The van der Waals surface area contributed by atoms with Gasteiger partial charge in [-0.25, -0.2) is 0 Å². The first-order valence-corrected chi connectivity index (χ1v) is 6.84. The van der Waals surface area contributed by atoms with Crippen molar-refractivity contribution in [2.24, 2.45) is 5.92 Å². The quantitative estimate of drug-likeness (QED) is 0.527. The molecule has 1 aromatic rings. The van der Waals surface area contributed by atoms with Crippen LogP contribution in [-0.2, 0) is 11.2 Å². The van der Waals surface area contributed by atoms with Crippen LogP contribution < -0.4 is 0 Å². The molecule has 0 unspecified atom stereocenters. The zero-order valence-electron chi connectivity index (χ0n) is 11.6. The molecular weight excluding hydrogens is 242 g/mol. The molecule has 0 atom stereocenters. The second kappa shape index (κ2) is 7.67. The second-order valence-electron chi connectivity index (χ2n) is 4.84. The lowest BCUT2D eigenvalue weighted by molar-refractivity contribution is -0.384. The molecule has 0 N–H and O–H groups in total. The van der Waals surface area contributed by atoms with E-state index in [-0.39, 0.29) is 17.4 Å². The molecule has 0 aliphatic rings. The highest BCUT2D eigenvalue weighted by Crippen LogP contribution is 2.18. The summed E-state index contributed by atoms with van der Waals surface area (Å²) in [6.45, 7) is 4.17. The van der Waals surface area contributed by atoms with Crippen molar-refractivity contribution in [3.8, 4) is 0 Å². The Labute approximate surface area is 114 Å². The van der Waals surface area contributed by atoms with Crippen LogP contribution in [0.5, 0.6) is 0 Å². The third-order valence-corrected chi connectivity index (χ3v) is 3.26. The summed E-state index contributed by atoms with van der Waals surface area (Å²) in [7, 11) is 0. The Balaban J connectivity index is 2.66. The molecule has 0 saturated carbocycles. The lowest BCUT2D eigenvalue weighted by Gasteiger charge is -2.13. The topological polar surface area (TPSA) is 60.2 Å². The van der Waals surface area contributed by atoms with E-state index < -0.39 is 4.92 Å². The summed E-state index contributed by atoms with van der Waals surface area (Å²) in [5.41, 5.74) is 0.919. The van der Waals surface area contributed by atoms with Gasteiger partial charge in [-0.05, 0) is 18.4 Å². The Bertz CT molecular complexity index is 420. The number of nitro groups is 1. The predicted molar refractivity (Wildman–Crippen MR) is 75.1 cm³/mol. The average molecular weight is 263 g/mol. The van der Waals surface area contributed by atoms with Crippen molar-refractivity contribution >= 4 is 11.5 Å². The Kier molecular flexibility index (Phi) is 6.19. The van der Waals surface area contributed by atoms with Gasteiger partial charge in [0.2, 0.25) is 0 Å². The first kappa shape index (κ1) is 15.3. The van der Waals surface area contributed by atoms with Gasteiger partial charge in [0.15, 0.2) is 0 Å². The normalized spacial score (nSPS) is 10.7. The summed E-state index contributed by atoms with van der Waals surface area (Å²) in [4.78, 5) is 22.3. The molecule has 1 aromatic carbocycles. The molecule has 19 heavy (non-hydrogen) atoms. The zero-order chi connectivity index (χ0) is 14.3. The number of hydrogen-bond acceptors (Lipinski definition) is 3. The number of Topliss-reactive ketones (excluding diaryl/α,β-unsaturated/α-hetero) is 1. The van der Waals surface area contributed by atoms with Gasteiger partial charge in [0.25, 0.3) is 5.69 Å². The fourth-order valence-corrected chi connectivity index (χ4v) is 2.24. The zero-order valence-corrected chi connectivity index (χ0v) is 11.6. The molecule has 0 saturated heterocycles. The maximum absolute atomic E-state index is 12.2. The summed E-state index contributed by atoms with van der Waals surface area (Å²) in [5, 5.41) is 10.6. The van der Waals surface area contributed by atoms with Gasteiger partial charge in [-0.1, -0.05) is 38.8 Å². The SMILES string of the molecule is CCCC(CCC)C(=O)Cc1ccc([N+](=O)[O-])cc1. The number of rotatable bonds is 8. The summed E-state index contributed by atoms with van der Waals surface area (Å²) in [6.07, 6.45) is 4.26. The first-order valence-electron chi connectivity index (χ1n) is 6.84. The highest BCUT2D eigenvalue weighted by Gasteiger charge is 2.17. The molecular formula is C15H21NO3. The average Bonchev–Trinajstić information content (AvgIpc) is 2.39. The maximum Gasteiger partial charge on any atom is 0.269 e. The van der Waals surface area contributed by atoms with Crippen LogP contribution in [0.1, 0.15) is 45.1 Å². The Morgan fingerprint density at radius 1 is 1.16 bits per heavy atom. The molecule has 0 aliphatic heterocycles. The van der Waals surface area contributed by atoms with Gasteiger partial charge < -0.3 is 0 Å². The van der Waals surface area contributed by atoms with Crippen LogP contribution >= 0.6 is 0 Å². The van der Waals surface area contributed by atoms with Crippen LogP contribution in [0, 0.1) is 16.0 Å². The van der Waals surface area contributed by atoms with Gasteiger partial charge in [-0.2, -0.15) is 0 Å². The monoisotopic (exact) mass is 263 g/mol. The smallest absolute Gasteiger partial charge is 0.269 e. The number of hydrogen-bond donors (Lipinski definition) is 0. The van der Waals surface area contributed by atoms with Gasteiger partial charge in [0.05, 0.1) is 4.92 Å². The molecule has 0 fully saturated rings. The van der Waals surface area contributed by atoms with Crippen molar-refractivity contribution in [1.29, 1.82) is 0 Å². The highest BCUT2D eigenvalue weighted by molar-refractivity contribution is 5.83. The number of nitrogens with zero attached hydrogens (tertiary/aromatic N) is 1. The van der Waals surface area contributed by atoms with Gasteiger partial charge in [0.1, 0.15) is 5.78 Å². The second-order valence-corrected chi connectivity index (χ2v) is 4.84. The van der Waals surface area contributed by atoms with Crippen molar-refractivity contribution in [1.82, 2.24) is 0 Å². The number of carbonyl (C=O) groups is 1. The molecule has 1 rings (SSSR count). The minimum Gasteiger partial charge on any atom is -0.299 e. The summed E-state index contributed by atoms with van der Waals surface area (Å²) < 4.78 is 0. The largest absolute Gasteiger partial charge is 0.299 e. The molecule has 0 heterocycles. The molecule has 4 nitrogen and oxygen atoms in total. The number of carbonyl (C=O) groups excluding carboxylic acids is 1. The van der Waals surface area contributed by atoms with E-state index in [9.17, 15) is 14.9 Å². The van der Waals surface area contributed by atoms with Gasteiger partial charge in [-0.15, -0.1) is 0 Å². The minimum absolute atomic E-state index is 0.0647. The first-order chi connectivity index (χ1) is 9.08. The number of ketones is 1. The molecule has 0 radical (unpaired) electrons. The summed E-state index contributed by atoms with van der Waals surface area (Å²) >= 11 is 0. The highest BCUT2D eigenvalue weighted by atomic mass is 16.6. The predicted octanol–water partition coefficient (Wildman–Crippen LogP) is 3.92. The van der Waals surface area contributed by atoms with Gasteiger partial charge >= 0.3 is 0 Å². The van der Waals surface area contributed by atoms with Crippen LogP contribution in [0.25, 0.3) is 0 Å². The molecule has 0 spiro atoms. The lowest BCUT2D eigenvalue weighted by Crippen LogP contribution is -2.16. The molecule has 0 amide bonds.